The molecule has 4 nitrogen and oxygen atoms in total. The molecule has 0 unspecified atom stereocenters. The molecule has 1 saturated carbocycles. The number of nitrogens with one attached hydrogen (secondary N) is 1. The van der Waals surface area contributed by atoms with Gasteiger partial charge in [-0.05, 0) is 30.5 Å². The van der Waals surface area contributed by atoms with Gasteiger partial charge in [0, 0.05) is 25.8 Å². The molecule has 2 rings (SSSR count). The van der Waals surface area contributed by atoms with Crippen LogP contribution >= 0.6 is 0 Å². The van der Waals surface area contributed by atoms with Crippen LogP contribution in [-0.2, 0) is 11.3 Å². The largest absolute Gasteiger partial charge is 0.386 e. The van der Waals surface area contributed by atoms with Crippen molar-refractivity contribution in [3.8, 4) is 6.07 Å². The fourth-order valence-corrected chi connectivity index (χ4v) is 2.84. The van der Waals surface area contributed by atoms with E-state index in [4.69, 9.17) is 0 Å². The average Bonchev–Trinajstić information content (AvgIpc) is 2.60. The van der Waals surface area contributed by atoms with Gasteiger partial charge in [0.15, 0.2) is 0 Å². The van der Waals surface area contributed by atoms with E-state index in [0.717, 1.165) is 31.2 Å². The lowest BCUT2D eigenvalue weighted by molar-refractivity contribution is -0.128. The van der Waals surface area contributed by atoms with E-state index < -0.39 is 0 Å². The average molecular weight is 315 g/mol. The predicted octanol–water partition coefficient (Wildman–Crippen LogP) is 3.11. The number of nitriles is 1. The second-order valence-corrected chi connectivity index (χ2v) is 5.89. The Morgan fingerprint density at radius 3 is 2.61 bits per heavy atom. The second kappa shape index (κ2) is 8.33. The summed E-state index contributed by atoms with van der Waals surface area (Å²) in [4.78, 5) is 14.1. The van der Waals surface area contributed by atoms with Gasteiger partial charge in [-0.1, -0.05) is 31.4 Å². The summed E-state index contributed by atoms with van der Waals surface area (Å²) in [6.07, 6.45) is 6.95. The normalized spacial score (nSPS) is 15.8. The minimum absolute atomic E-state index is 0.0974. The number of nitrogens with zero attached hydrogens (tertiary/aromatic N) is 2. The van der Waals surface area contributed by atoms with Gasteiger partial charge in [-0.3, -0.25) is 4.79 Å². The Kier molecular flexibility index (Phi) is 6.16. The minimum atomic E-state index is -0.286. The van der Waals surface area contributed by atoms with Crippen LogP contribution in [0.25, 0.3) is 0 Å². The Hall–Kier alpha value is -2.35. The standard InChI is InChI=1S/C18H22FN3O/c1-22(17-5-3-2-4-6-17)18(23)15(11-20)13-21-12-14-7-9-16(19)10-8-14/h7-10,13,17,21H,2-6,12H2,1H3/b15-13-. The lowest BCUT2D eigenvalue weighted by Gasteiger charge is -2.31. The molecule has 23 heavy (non-hydrogen) atoms. The van der Waals surface area contributed by atoms with Crippen molar-refractivity contribution < 1.29 is 9.18 Å². The van der Waals surface area contributed by atoms with E-state index in [1.54, 1.807) is 24.1 Å². The van der Waals surface area contributed by atoms with E-state index in [1.807, 2.05) is 6.07 Å². The van der Waals surface area contributed by atoms with Gasteiger partial charge in [0.05, 0.1) is 0 Å². The maximum Gasteiger partial charge on any atom is 0.265 e. The smallest absolute Gasteiger partial charge is 0.265 e. The van der Waals surface area contributed by atoms with Crippen molar-refractivity contribution in [2.45, 2.75) is 44.7 Å². The van der Waals surface area contributed by atoms with Gasteiger partial charge in [-0.25, -0.2) is 4.39 Å². The molecule has 1 fully saturated rings. The SMILES string of the molecule is CN(C(=O)/C(C#N)=C\NCc1ccc(F)cc1)C1CCCCC1. The van der Waals surface area contributed by atoms with Gasteiger partial charge in [-0.15, -0.1) is 0 Å². The van der Waals surface area contributed by atoms with Gasteiger partial charge < -0.3 is 10.2 Å². The Bertz CT molecular complexity index is 598. The van der Waals surface area contributed by atoms with Crippen molar-refractivity contribution in [2.24, 2.45) is 0 Å². The molecule has 0 bridgehead atoms. The molecule has 0 atom stereocenters. The first-order valence-electron chi connectivity index (χ1n) is 7.97. The first-order valence-corrected chi connectivity index (χ1v) is 7.97. The molecule has 0 saturated heterocycles. The van der Waals surface area contributed by atoms with Crippen LogP contribution in [0.15, 0.2) is 36.0 Å². The third-order valence-electron chi connectivity index (χ3n) is 4.26. The number of hydrogen-bond acceptors (Lipinski definition) is 3. The number of carbonyl (C=O) groups is 1. The monoisotopic (exact) mass is 315 g/mol. The van der Waals surface area contributed by atoms with Crippen molar-refractivity contribution in [3.63, 3.8) is 0 Å². The van der Waals surface area contributed by atoms with Crippen molar-refractivity contribution in [1.82, 2.24) is 10.2 Å². The molecule has 1 aliphatic carbocycles. The molecule has 0 radical (unpaired) electrons. The Morgan fingerprint density at radius 2 is 2.00 bits per heavy atom. The van der Waals surface area contributed by atoms with Crippen LogP contribution in [0.2, 0.25) is 0 Å². The molecular weight excluding hydrogens is 293 g/mol. The highest BCUT2D eigenvalue weighted by Crippen LogP contribution is 2.22. The highest BCUT2D eigenvalue weighted by molar-refractivity contribution is 5.97. The molecule has 1 N–H and O–H groups in total. The predicted molar refractivity (Wildman–Crippen MR) is 86.6 cm³/mol. The summed E-state index contributed by atoms with van der Waals surface area (Å²) in [6.45, 7) is 0.436. The zero-order valence-electron chi connectivity index (χ0n) is 13.4. The summed E-state index contributed by atoms with van der Waals surface area (Å²) in [5, 5.41) is 12.2. The van der Waals surface area contributed by atoms with Crippen LogP contribution in [-0.4, -0.2) is 23.9 Å². The Balaban J connectivity index is 1.93. The molecule has 0 aliphatic heterocycles. The van der Waals surface area contributed by atoms with Crippen LogP contribution in [0, 0.1) is 17.1 Å². The van der Waals surface area contributed by atoms with Gasteiger partial charge in [0.25, 0.3) is 5.91 Å². The minimum Gasteiger partial charge on any atom is -0.386 e. The van der Waals surface area contributed by atoms with Crippen molar-refractivity contribution in [1.29, 1.82) is 5.26 Å². The number of amides is 1. The Morgan fingerprint density at radius 1 is 1.35 bits per heavy atom. The third-order valence-corrected chi connectivity index (χ3v) is 4.26. The maximum absolute atomic E-state index is 12.8. The molecule has 0 aromatic heterocycles. The topological polar surface area (TPSA) is 56.1 Å². The van der Waals surface area contributed by atoms with E-state index in [-0.39, 0.29) is 23.3 Å². The summed E-state index contributed by atoms with van der Waals surface area (Å²) >= 11 is 0. The fraction of sp³-hybridized carbons (Fsp3) is 0.444. The lowest BCUT2D eigenvalue weighted by Crippen LogP contribution is -2.39. The number of hydrogen-bond donors (Lipinski definition) is 1. The van der Waals surface area contributed by atoms with Crippen molar-refractivity contribution in [3.05, 3.63) is 47.4 Å². The number of likely N-dealkylation sites (N-methyl/N-ethyl adjacent to an activating group) is 1. The summed E-state index contributed by atoms with van der Waals surface area (Å²) in [5.74, 6) is -0.530. The first kappa shape index (κ1) is 17.0. The molecule has 122 valence electrons. The molecule has 1 aliphatic rings. The molecule has 0 spiro atoms. The summed E-state index contributed by atoms with van der Waals surface area (Å²) in [5.41, 5.74) is 0.980. The van der Waals surface area contributed by atoms with E-state index in [1.165, 1.54) is 24.8 Å². The first-order chi connectivity index (χ1) is 11.1. The van der Waals surface area contributed by atoms with Crippen LogP contribution in [0.5, 0.6) is 0 Å². The summed E-state index contributed by atoms with van der Waals surface area (Å²) < 4.78 is 12.8. The van der Waals surface area contributed by atoms with Gasteiger partial charge in [0.1, 0.15) is 17.5 Å². The number of rotatable bonds is 5. The number of carbonyl (C=O) groups excluding carboxylic acids is 1. The van der Waals surface area contributed by atoms with E-state index in [2.05, 4.69) is 5.32 Å². The molecule has 5 heteroatoms. The van der Waals surface area contributed by atoms with Crippen LogP contribution in [0.1, 0.15) is 37.7 Å². The van der Waals surface area contributed by atoms with Gasteiger partial charge in [-0.2, -0.15) is 5.26 Å². The van der Waals surface area contributed by atoms with Gasteiger partial charge in [0.2, 0.25) is 0 Å². The summed E-state index contributed by atoms with van der Waals surface area (Å²) in [6, 6.07) is 8.29. The van der Waals surface area contributed by atoms with Crippen LogP contribution < -0.4 is 5.32 Å². The second-order valence-electron chi connectivity index (χ2n) is 5.89. The summed E-state index contributed by atoms with van der Waals surface area (Å²) in [7, 11) is 1.77. The zero-order chi connectivity index (χ0) is 16.7. The molecule has 0 heterocycles. The number of halogens is 1. The maximum atomic E-state index is 12.8. The zero-order valence-corrected chi connectivity index (χ0v) is 13.4. The molecule has 1 amide bonds. The van der Waals surface area contributed by atoms with Crippen molar-refractivity contribution in [2.75, 3.05) is 7.05 Å². The van der Waals surface area contributed by atoms with Gasteiger partial charge >= 0.3 is 0 Å². The molecule has 1 aromatic carbocycles. The Labute approximate surface area is 136 Å². The highest BCUT2D eigenvalue weighted by atomic mass is 19.1. The molecule has 1 aromatic rings. The van der Waals surface area contributed by atoms with Crippen LogP contribution in [0.4, 0.5) is 4.39 Å². The lowest BCUT2D eigenvalue weighted by atomic mass is 9.94. The van der Waals surface area contributed by atoms with E-state index >= 15 is 0 Å². The quantitative estimate of drug-likeness (QED) is 0.671. The van der Waals surface area contributed by atoms with Crippen LogP contribution in [0.3, 0.4) is 0 Å². The number of benzene rings is 1. The molecular formula is C18H22FN3O. The highest BCUT2D eigenvalue weighted by Gasteiger charge is 2.24. The third kappa shape index (κ3) is 4.82. The van der Waals surface area contributed by atoms with E-state index in [0.29, 0.717) is 6.54 Å². The fourth-order valence-electron chi connectivity index (χ4n) is 2.84. The van der Waals surface area contributed by atoms with E-state index in [9.17, 15) is 14.4 Å². The van der Waals surface area contributed by atoms with Crippen molar-refractivity contribution >= 4 is 5.91 Å².